The van der Waals surface area contributed by atoms with E-state index in [1.807, 2.05) is 13.8 Å². The maximum absolute atomic E-state index is 13.5. The number of amides is 2. The van der Waals surface area contributed by atoms with E-state index in [9.17, 15) is 19.5 Å². The van der Waals surface area contributed by atoms with Crippen molar-refractivity contribution in [3.05, 3.63) is 59.4 Å². The van der Waals surface area contributed by atoms with E-state index in [1.165, 1.54) is 0 Å². The lowest BCUT2D eigenvalue weighted by Gasteiger charge is -2.33. The Labute approximate surface area is 214 Å². The number of hydrogen-bond donors (Lipinski definition) is 2. The number of anilines is 2. The number of carboxylic acids is 1. The van der Waals surface area contributed by atoms with Crippen molar-refractivity contribution in [2.24, 2.45) is 11.8 Å². The standard InChI is InChI=1S/C27H30N4O4S/c1-16(2)31(26(33)18-9-7-17(3)8-10-18)21-14-22(36-24(21)27(34)35)19-11-12-23(29-15-19)30-25(32)20-6-4-5-13-28-20/h4-6,11-18H,7-10H2,1-3H3,(H,34,35)(H,29,30,32). The molecule has 0 bridgehead atoms. The highest BCUT2D eigenvalue weighted by atomic mass is 32.1. The number of rotatable bonds is 7. The first-order valence-electron chi connectivity index (χ1n) is 12.1. The average molecular weight is 507 g/mol. The van der Waals surface area contributed by atoms with E-state index in [2.05, 4.69) is 22.2 Å². The Balaban J connectivity index is 1.58. The van der Waals surface area contributed by atoms with Gasteiger partial charge in [0, 0.05) is 34.8 Å². The number of hydrogen-bond acceptors (Lipinski definition) is 6. The predicted molar refractivity (Wildman–Crippen MR) is 140 cm³/mol. The van der Waals surface area contributed by atoms with E-state index in [0.29, 0.717) is 27.9 Å². The van der Waals surface area contributed by atoms with Crippen LogP contribution in [0.4, 0.5) is 11.5 Å². The molecule has 2 N–H and O–H groups in total. The first kappa shape index (κ1) is 25.5. The molecule has 1 aliphatic carbocycles. The van der Waals surface area contributed by atoms with E-state index in [-0.39, 0.29) is 34.3 Å². The average Bonchev–Trinajstić information content (AvgIpc) is 3.30. The third kappa shape index (κ3) is 5.62. The molecule has 4 rings (SSSR count). The van der Waals surface area contributed by atoms with Gasteiger partial charge in [0.2, 0.25) is 5.91 Å². The van der Waals surface area contributed by atoms with Crippen molar-refractivity contribution in [2.75, 3.05) is 10.2 Å². The minimum atomic E-state index is -1.07. The van der Waals surface area contributed by atoms with Crippen LogP contribution in [0.15, 0.2) is 48.8 Å². The number of carbonyl (C=O) groups is 3. The van der Waals surface area contributed by atoms with Crippen LogP contribution in [-0.2, 0) is 4.79 Å². The Morgan fingerprint density at radius 1 is 1.08 bits per heavy atom. The molecule has 9 heteroatoms. The fourth-order valence-electron chi connectivity index (χ4n) is 4.50. The number of nitrogens with zero attached hydrogens (tertiary/aromatic N) is 3. The summed E-state index contributed by atoms with van der Waals surface area (Å²) in [5, 5.41) is 12.6. The number of aromatic nitrogens is 2. The van der Waals surface area contributed by atoms with Gasteiger partial charge in [0.15, 0.2) is 0 Å². The van der Waals surface area contributed by atoms with Crippen LogP contribution < -0.4 is 10.2 Å². The summed E-state index contributed by atoms with van der Waals surface area (Å²) in [5.41, 5.74) is 1.41. The van der Waals surface area contributed by atoms with Crippen molar-refractivity contribution >= 4 is 40.6 Å². The van der Waals surface area contributed by atoms with Gasteiger partial charge in [-0.15, -0.1) is 11.3 Å². The van der Waals surface area contributed by atoms with Gasteiger partial charge >= 0.3 is 5.97 Å². The van der Waals surface area contributed by atoms with Crippen LogP contribution >= 0.6 is 11.3 Å². The van der Waals surface area contributed by atoms with Crippen molar-refractivity contribution in [1.82, 2.24) is 9.97 Å². The molecule has 3 aromatic rings. The zero-order valence-corrected chi connectivity index (χ0v) is 21.4. The van der Waals surface area contributed by atoms with Crippen LogP contribution in [0.25, 0.3) is 10.4 Å². The zero-order chi connectivity index (χ0) is 25.8. The molecule has 0 spiro atoms. The molecule has 1 aliphatic rings. The van der Waals surface area contributed by atoms with Gasteiger partial charge in [-0.3, -0.25) is 14.6 Å². The van der Waals surface area contributed by atoms with Crippen molar-refractivity contribution in [3.8, 4) is 10.4 Å². The summed E-state index contributed by atoms with van der Waals surface area (Å²) < 4.78 is 0. The van der Waals surface area contributed by atoms with E-state index < -0.39 is 5.97 Å². The molecule has 1 fully saturated rings. The quantitative estimate of drug-likeness (QED) is 0.424. The van der Waals surface area contributed by atoms with Crippen LogP contribution in [0, 0.1) is 11.8 Å². The molecule has 3 heterocycles. The minimum absolute atomic E-state index is 0.00513. The van der Waals surface area contributed by atoms with Crippen molar-refractivity contribution in [3.63, 3.8) is 0 Å². The molecule has 8 nitrogen and oxygen atoms in total. The number of pyridine rings is 2. The molecule has 2 amide bonds. The predicted octanol–water partition coefficient (Wildman–Crippen LogP) is 5.72. The van der Waals surface area contributed by atoms with Crippen LogP contribution in [0.5, 0.6) is 0 Å². The Hall–Kier alpha value is -3.59. The number of thiophene rings is 1. The third-order valence-corrected chi connectivity index (χ3v) is 7.63. The number of carbonyl (C=O) groups excluding carboxylic acids is 2. The highest BCUT2D eigenvalue weighted by Crippen LogP contribution is 2.39. The first-order valence-corrected chi connectivity index (χ1v) is 12.9. The largest absolute Gasteiger partial charge is 0.477 e. The summed E-state index contributed by atoms with van der Waals surface area (Å²) in [7, 11) is 0. The molecule has 3 aromatic heterocycles. The van der Waals surface area contributed by atoms with Crippen LogP contribution in [0.2, 0.25) is 0 Å². The van der Waals surface area contributed by atoms with Crippen LogP contribution in [0.1, 0.15) is 66.6 Å². The van der Waals surface area contributed by atoms with Crippen LogP contribution in [0.3, 0.4) is 0 Å². The van der Waals surface area contributed by atoms with Gasteiger partial charge in [-0.05, 0) is 75.8 Å². The Morgan fingerprint density at radius 2 is 1.83 bits per heavy atom. The minimum Gasteiger partial charge on any atom is -0.477 e. The van der Waals surface area contributed by atoms with Crippen molar-refractivity contribution in [2.45, 2.75) is 52.5 Å². The summed E-state index contributed by atoms with van der Waals surface area (Å²) >= 11 is 1.12. The fraction of sp³-hybridized carbons (Fsp3) is 0.370. The molecular formula is C27H30N4O4S. The van der Waals surface area contributed by atoms with Gasteiger partial charge in [0.05, 0.1) is 5.69 Å². The van der Waals surface area contributed by atoms with Gasteiger partial charge in [-0.25, -0.2) is 9.78 Å². The Bertz CT molecular complexity index is 1230. The maximum atomic E-state index is 13.5. The van der Waals surface area contributed by atoms with Gasteiger partial charge < -0.3 is 15.3 Å². The van der Waals surface area contributed by atoms with Gasteiger partial charge in [0.25, 0.3) is 5.91 Å². The van der Waals surface area contributed by atoms with E-state index in [1.54, 1.807) is 53.7 Å². The highest BCUT2D eigenvalue weighted by molar-refractivity contribution is 7.18. The molecule has 0 aliphatic heterocycles. The number of nitrogens with one attached hydrogen (secondary N) is 1. The van der Waals surface area contributed by atoms with E-state index >= 15 is 0 Å². The monoisotopic (exact) mass is 506 g/mol. The summed E-state index contributed by atoms with van der Waals surface area (Å²) in [4.78, 5) is 48.8. The third-order valence-electron chi connectivity index (χ3n) is 6.47. The maximum Gasteiger partial charge on any atom is 0.348 e. The molecule has 0 unspecified atom stereocenters. The summed E-state index contributed by atoms with van der Waals surface area (Å²) in [5.74, 6) is -0.551. The lowest BCUT2D eigenvalue weighted by atomic mass is 9.82. The van der Waals surface area contributed by atoms with E-state index in [4.69, 9.17) is 0 Å². The molecule has 36 heavy (non-hydrogen) atoms. The molecule has 0 atom stereocenters. The lowest BCUT2D eigenvalue weighted by Crippen LogP contribution is -2.42. The molecule has 1 saturated carbocycles. The second kappa shape index (κ2) is 11.0. The SMILES string of the molecule is CC1CCC(C(=O)N(c2cc(-c3ccc(NC(=O)c4ccccn4)nc3)sc2C(=O)O)C(C)C)CC1. The zero-order valence-electron chi connectivity index (χ0n) is 20.6. The smallest absolute Gasteiger partial charge is 0.348 e. The van der Waals surface area contributed by atoms with Gasteiger partial charge in [-0.2, -0.15) is 0 Å². The normalized spacial score (nSPS) is 17.6. The molecule has 0 saturated heterocycles. The number of aromatic carboxylic acids is 1. The Morgan fingerprint density at radius 3 is 2.42 bits per heavy atom. The molecule has 0 radical (unpaired) electrons. The van der Waals surface area contributed by atoms with Crippen LogP contribution in [-0.4, -0.2) is 38.9 Å². The second-order valence-electron chi connectivity index (χ2n) is 9.49. The fourth-order valence-corrected chi connectivity index (χ4v) is 5.48. The number of carboxylic acid groups (broad SMARTS) is 1. The summed E-state index contributed by atoms with van der Waals surface area (Å²) in [6.07, 6.45) is 6.81. The molecule has 188 valence electrons. The second-order valence-corrected chi connectivity index (χ2v) is 10.5. The Kier molecular flexibility index (Phi) is 7.79. The van der Waals surface area contributed by atoms with Gasteiger partial charge in [0.1, 0.15) is 16.4 Å². The lowest BCUT2D eigenvalue weighted by molar-refractivity contribution is -0.123. The van der Waals surface area contributed by atoms with Crippen molar-refractivity contribution < 1.29 is 19.5 Å². The van der Waals surface area contributed by atoms with E-state index in [0.717, 1.165) is 37.0 Å². The van der Waals surface area contributed by atoms with Crippen molar-refractivity contribution in [1.29, 1.82) is 0 Å². The highest BCUT2D eigenvalue weighted by Gasteiger charge is 2.33. The molecular weight excluding hydrogens is 476 g/mol. The summed E-state index contributed by atoms with van der Waals surface area (Å²) in [6.45, 7) is 6.03. The summed E-state index contributed by atoms with van der Waals surface area (Å²) in [6, 6.07) is 10.1. The van der Waals surface area contributed by atoms with Gasteiger partial charge in [-0.1, -0.05) is 13.0 Å². The topological polar surface area (TPSA) is 112 Å². The first-order chi connectivity index (χ1) is 17.2. The molecule has 0 aromatic carbocycles.